The molecule has 3 aliphatic carbocycles. The van der Waals surface area contributed by atoms with Gasteiger partial charge >= 0.3 is 7.60 Å². The molecule has 2 fully saturated rings. The number of aryl methyl sites for hydroxylation is 4. The van der Waals surface area contributed by atoms with Crippen LogP contribution in [0.15, 0.2) is 119 Å². The van der Waals surface area contributed by atoms with E-state index in [0.29, 0.717) is 77.6 Å². The molecular weight excluding hydrogens is 768 g/mol. The molecule has 1 saturated carbocycles. The Balaban J connectivity index is 1.16. The van der Waals surface area contributed by atoms with Crippen LogP contribution < -0.4 is 15.2 Å². The minimum absolute atomic E-state index is 0.0621. The van der Waals surface area contributed by atoms with Gasteiger partial charge in [0.2, 0.25) is 11.0 Å². The third-order valence-corrected chi connectivity index (χ3v) is 15.3. The average molecular weight is 816 g/mol. The van der Waals surface area contributed by atoms with Crippen molar-refractivity contribution in [2.24, 2.45) is 17.3 Å². The Morgan fingerprint density at radius 2 is 1.53 bits per heavy atom. The Morgan fingerprint density at radius 3 is 2.21 bits per heavy atom. The fourth-order valence-electron chi connectivity index (χ4n) is 9.54. The topological polar surface area (TPSA) is 118 Å². The first-order valence-corrected chi connectivity index (χ1v) is 23.1. The molecule has 9 nitrogen and oxygen atoms in total. The van der Waals surface area contributed by atoms with Crippen LogP contribution in [0.5, 0.6) is 0 Å². The molecule has 2 unspecified atom stereocenters. The number of para-hydroxylation sites is 2. The largest absolute Gasteiger partial charge is 0.456 e. The average Bonchev–Trinajstić information content (AvgIpc) is 3.81. The van der Waals surface area contributed by atoms with Gasteiger partial charge in [-0.2, -0.15) is 13.0 Å². The van der Waals surface area contributed by atoms with E-state index < -0.39 is 17.7 Å². The van der Waals surface area contributed by atoms with Crippen LogP contribution in [-0.4, -0.2) is 38.9 Å². The number of rotatable bonds is 9. The van der Waals surface area contributed by atoms with E-state index in [-0.39, 0.29) is 10.3 Å². The second kappa shape index (κ2) is 14.8. The van der Waals surface area contributed by atoms with E-state index >= 15 is 0 Å². The molecule has 4 aromatic carbocycles. The van der Waals surface area contributed by atoms with Crippen molar-refractivity contribution in [1.29, 1.82) is 0 Å². The van der Waals surface area contributed by atoms with Crippen LogP contribution in [0.3, 0.4) is 0 Å². The summed E-state index contributed by atoms with van der Waals surface area (Å²) in [5, 5.41) is 5.10. The number of hydrogen-bond acceptors (Lipinski definition) is 7. The number of allylic oxidation sites excluding steroid dienone is 2. The second-order valence-electron chi connectivity index (χ2n) is 16.4. The number of nitrogens with one attached hydrogen (secondary N) is 1. The van der Waals surface area contributed by atoms with Crippen LogP contribution >= 0.6 is 7.60 Å². The van der Waals surface area contributed by atoms with Gasteiger partial charge in [-0.25, -0.2) is 0 Å². The molecule has 2 bridgehead atoms. The molecule has 0 amide bonds. The molecule has 58 heavy (non-hydrogen) atoms. The van der Waals surface area contributed by atoms with Crippen molar-refractivity contribution in [2.45, 2.75) is 51.9 Å². The molecule has 0 radical (unpaired) electrons. The minimum Gasteiger partial charge on any atom is -0.456 e. The van der Waals surface area contributed by atoms with E-state index in [4.69, 9.17) is 13.5 Å². The van der Waals surface area contributed by atoms with Crippen LogP contribution in [0.25, 0.3) is 33.4 Å². The van der Waals surface area contributed by atoms with Crippen LogP contribution in [-0.2, 0) is 23.7 Å². The van der Waals surface area contributed by atoms with Crippen LogP contribution in [0.1, 0.15) is 41.5 Å². The minimum atomic E-state index is -4.58. The molecule has 298 valence electrons. The Labute approximate surface area is 339 Å². The Bertz CT molecular complexity index is 2790. The van der Waals surface area contributed by atoms with Crippen molar-refractivity contribution in [3.63, 3.8) is 0 Å². The number of fused-ring (bicyclic) bond motifs is 5. The van der Waals surface area contributed by atoms with Gasteiger partial charge in [-0.05, 0) is 87.8 Å². The highest BCUT2D eigenvalue weighted by Gasteiger charge is 2.53. The van der Waals surface area contributed by atoms with Crippen molar-refractivity contribution in [1.82, 2.24) is 4.58 Å². The maximum atomic E-state index is 14.0. The highest BCUT2D eigenvalue weighted by molar-refractivity contribution is 7.86. The summed E-state index contributed by atoms with van der Waals surface area (Å²) in [5.41, 5.74) is 9.37. The zero-order chi connectivity index (χ0) is 40.4. The highest BCUT2D eigenvalue weighted by atomic mass is 32.2. The Morgan fingerprint density at radius 1 is 0.828 bits per heavy atom. The third-order valence-electron chi connectivity index (χ3n) is 12.4. The number of anilines is 2. The maximum Gasteiger partial charge on any atom is 0.330 e. The van der Waals surface area contributed by atoms with Gasteiger partial charge in [0.05, 0.1) is 25.4 Å². The fourth-order valence-corrected chi connectivity index (χ4v) is 12.0. The summed E-state index contributed by atoms with van der Waals surface area (Å²) in [6, 6.07) is 30.6. The summed E-state index contributed by atoms with van der Waals surface area (Å²) in [7, 11) is -7.86. The standard InChI is InChI=1S/C47H47N2O7PS/c1-30-10-7-11-31(2)45(30)48-36-18-20-38-41(25-36)56-42-26-37(19-21-39(42)44(38)40-14-5-6-15-43(40)58(51,52)53)49(46-32(3)12-8-13-33(46)4)22-9-23-57(50)54-28-47(29-55-57)27-34-16-17-35(47)24-34/h5-8,10-21,25-26,34-35H,9,22-24,27-29H2,1-4H3,(H,51,52,53)/p+1. The summed E-state index contributed by atoms with van der Waals surface area (Å²) < 4.78 is 71.2. The first-order valence-electron chi connectivity index (χ1n) is 19.9. The van der Waals surface area contributed by atoms with Gasteiger partial charge in [0.15, 0.2) is 0 Å². The van der Waals surface area contributed by atoms with Crippen LogP contribution in [0.2, 0.25) is 0 Å². The van der Waals surface area contributed by atoms with Crippen LogP contribution in [0, 0.1) is 44.9 Å². The van der Waals surface area contributed by atoms with Gasteiger partial charge in [-0.15, -0.1) is 0 Å². The molecule has 2 aliphatic heterocycles. The van der Waals surface area contributed by atoms with Gasteiger partial charge in [0.1, 0.15) is 22.8 Å². The van der Waals surface area contributed by atoms with Gasteiger partial charge < -0.3 is 18.8 Å². The van der Waals surface area contributed by atoms with Crippen molar-refractivity contribution in [2.75, 3.05) is 31.2 Å². The molecule has 0 aromatic heterocycles. The SMILES string of the molecule is Cc1cccc(C)c1Nc1ccc2c(-c3ccccc3S(=O)(=O)O)c3ccc(=[N+](CCCP4(=O)OCC5(CO4)CC4C=CC5C4)c4c(C)cccc4C)cc-3oc2c1. The van der Waals surface area contributed by atoms with Crippen molar-refractivity contribution < 1.29 is 31.0 Å². The molecule has 5 aliphatic rings. The summed E-state index contributed by atoms with van der Waals surface area (Å²) in [4.78, 5) is -0.187. The normalized spacial score (nSPS) is 23.3. The zero-order valence-corrected chi connectivity index (χ0v) is 34.9. The summed E-state index contributed by atoms with van der Waals surface area (Å²) >= 11 is 0. The van der Waals surface area contributed by atoms with Gasteiger partial charge in [-0.3, -0.25) is 9.12 Å². The number of hydrogen-bond donors (Lipinski definition) is 2. The molecule has 2 heterocycles. The molecule has 1 saturated heterocycles. The van der Waals surface area contributed by atoms with Crippen molar-refractivity contribution in [3.05, 3.63) is 137 Å². The summed E-state index contributed by atoms with van der Waals surface area (Å²) in [6.07, 6.45) is 7.60. The Kier molecular flexibility index (Phi) is 9.85. The second-order valence-corrected chi connectivity index (χ2v) is 20.0. The Hall–Kier alpha value is -4.83. The lowest BCUT2D eigenvalue weighted by atomic mass is 9.77. The van der Waals surface area contributed by atoms with Gasteiger partial charge in [-0.1, -0.05) is 66.7 Å². The first kappa shape index (κ1) is 38.7. The lowest BCUT2D eigenvalue weighted by Gasteiger charge is -2.40. The van der Waals surface area contributed by atoms with Crippen molar-refractivity contribution >= 4 is 45.7 Å². The van der Waals surface area contributed by atoms with Crippen LogP contribution in [0.4, 0.5) is 17.1 Å². The molecule has 2 N–H and O–H groups in total. The monoisotopic (exact) mass is 815 g/mol. The van der Waals surface area contributed by atoms with E-state index in [1.807, 2.05) is 48.5 Å². The smallest absolute Gasteiger partial charge is 0.330 e. The number of nitrogens with zero attached hydrogens (tertiary/aromatic N) is 1. The molecule has 1 spiro atoms. The lowest BCUT2D eigenvalue weighted by molar-refractivity contribution is -0.000242. The highest BCUT2D eigenvalue weighted by Crippen LogP contribution is 2.61. The van der Waals surface area contributed by atoms with E-state index in [1.54, 1.807) is 18.2 Å². The third kappa shape index (κ3) is 7.05. The molecule has 9 rings (SSSR count). The van der Waals surface area contributed by atoms with E-state index in [9.17, 15) is 17.5 Å². The molecule has 11 heteroatoms. The lowest BCUT2D eigenvalue weighted by Crippen LogP contribution is -2.39. The number of benzene rings is 5. The zero-order valence-electron chi connectivity index (χ0n) is 33.2. The molecular formula is C47H48N2O7PS+. The summed E-state index contributed by atoms with van der Waals surface area (Å²) in [5.74, 6) is 1.54. The van der Waals surface area contributed by atoms with Gasteiger partial charge in [0.25, 0.3) is 10.1 Å². The van der Waals surface area contributed by atoms with Crippen molar-refractivity contribution in [3.8, 4) is 22.5 Å². The fraction of sp³-hybridized carbons (Fsp3) is 0.298. The first-order chi connectivity index (χ1) is 27.8. The van der Waals surface area contributed by atoms with E-state index in [2.05, 4.69) is 74.0 Å². The molecule has 4 aromatic rings. The van der Waals surface area contributed by atoms with E-state index in [1.165, 1.54) is 6.07 Å². The predicted octanol–water partition coefficient (Wildman–Crippen LogP) is 10.7. The maximum absolute atomic E-state index is 14.0. The summed E-state index contributed by atoms with van der Waals surface area (Å²) in [6.45, 7) is 9.76. The van der Waals surface area contributed by atoms with E-state index in [0.717, 1.165) is 57.5 Å². The van der Waals surface area contributed by atoms with Gasteiger partial charge in [0, 0.05) is 68.5 Å². The molecule has 2 atom stereocenters. The predicted molar refractivity (Wildman–Crippen MR) is 230 cm³/mol. The quantitative estimate of drug-likeness (QED) is 0.0487.